The molecule has 0 saturated heterocycles. The normalized spacial score (nSPS) is 13.3. The van der Waals surface area contributed by atoms with Gasteiger partial charge in [0, 0.05) is 34.0 Å². The molecule has 0 aliphatic carbocycles. The molecule has 3 aromatic heterocycles. The van der Waals surface area contributed by atoms with Gasteiger partial charge in [-0.05, 0) is 84.4 Å². The van der Waals surface area contributed by atoms with Crippen molar-refractivity contribution in [2.45, 2.75) is 78.9 Å². The smallest absolute Gasteiger partial charge is 0.361 e. The molecule has 3 heterocycles. The summed E-state index contributed by atoms with van der Waals surface area (Å²) in [6.07, 6.45) is 2.96. The maximum atomic E-state index is 14.2. The predicted molar refractivity (Wildman–Crippen MR) is 233 cm³/mol. The van der Waals surface area contributed by atoms with Crippen molar-refractivity contribution in [2.24, 2.45) is 35.0 Å². The zero-order valence-electron chi connectivity index (χ0n) is 36.0. The molecule has 15 heteroatoms. The molecular weight excluding hydrogens is 785 g/mol. The van der Waals surface area contributed by atoms with E-state index < -0.39 is 41.7 Å². The minimum absolute atomic E-state index is 0.0147. The number of nitrogens with two attached hydrogens (primary N) is 3. The SMILES string of the molecule is COc1cc(-c2c3c4cc(OC)c(OC(=O)[C@@H](N)CC(C)C)cc4oc(=O)c3n3ccc4cc(OC(=O)[C@@H](N)CC(C)C)c(OC)cc4c23)ccc1OC(=O)[C@@H](N)CC(C)C. The molecule has 3 atom stereocenters. The number of nitrogens with zero attached hydrogens (tertiary/aromatic N) is 1. The predicted octanol–water partition coefficient (Wildman–Crippen LogP) is 6.88. The van der Waals surface area contributed by atoms with Gasteiger partial charge in [-0.25, -0.2) is 19.2 Å². The first kappa shape index (κ1) is 44.4. The van der Waals surface area contributed by atoms with Crippen molar-refractivity contribution in [3.63, 3.8) is 0 Å². The van der Waals surface area contributed by atoms with E-state index in [1.807, 2.05) is 41.5 Å². The summed E-state index contributed by atoms with van der Waals surface area (Å²) >= 11 is 0. The summed E-state index contributed by atoms with van der Waals surface area (Å²) in [6.45, 7) is 11.7. The highest BCUT2D eigenvalue weighted by Gasteiger charge is 2.28. The molecule has 0 aliphatic rings. The van der Waals surface area contributed by atoms with E-state index in [1.54, 1.807) is 53.1 Å². The quantitative estimate of drug-likeness (QED) is 0.0514. The number of ether oxygens (including phenoxy) is 6. The minimum Gasteiger partial charge on any atom is -0.493 e. The van der Waals surface area contributed by atoms with E-state index >= 15 is 0 Å². The van der Waals surface area contributed by atoms with Crippen molar-refractivity contribution in [1.29, 1.82) is 0 Å². The van der Waals surface area contributed by atoms with Crippen molar-refractivity contribution < 1.29 is 47.2 Å². The van der Waals surface area contributed by atoms with E-state index in [0.29, 0.717) is 57.5 Å². The fourth-order valence-corrected chi connectivity index (χ4v) is 7.54. The first-order valence-corrected chi connectivity index (χ1v) is 20.2. The molecule has 0 bridgehead atoms. The zero-order valence-corrected chi connectivity index (χ0v) is 36.0. The van der Waals surface area contributed by atoms with Gasteiger partial charge in [0.15, 0.2) is 34.5 Å². The van der Waals surface area contributed by atoms with E-state index in [2.05, 4.69) is 0 Å². The molecule has 0 spiro atoms. The lowest BCUT2D eigenvalue weighted by Crippen LogP contribution is -2.35. The maximum Gasteiger partial charge on any atom is 0.361 e. The van der Waals surface area contributed by atoms with Crippen LogP contribution >= 0.6 is 0 Å². The number of methoxy groups -OCH3 is 3. The van der Waals surface area contributed by atoms with Gasteiger partial charge in [0.25, 0.3) is 0 Å². The van der Waals surface area contributed by atoms with Crippen molar-refractivity contribution in [3.8, 4) is 45.6 Å². The van der Waals surface area contributed by atoms with Crippen molar-refractivity contribution in [1.82, 2.24) is 4.40 Å². The van der Waals surface area contributed by atoms with Crippen LogP contribution in [0, 0.1) is 17.8 Å². The van der Waals surface area contributed by atoms with Gasteiger partial charge in [-0.3, -0.25) is 0 Å². The van der Waals surface area contributed by atoms with E-state index in [0.717, 1.165) is 0 Å². The molecule has 6 aromatic rings. The monoisotopic (exact) mass is 838 g/mol. The Balaban J connectivity index is 1.64. The van der Waals surface area contributed by atoms with Crippen LogP contribution in [0.1, 0.15) is 60.8 Å². The second-order valence-electron chi connectivity index (χ2n) is 16.4. The number of hydrogen-bond acceptors (Lipinski definition) is 14. The Kier molecular flexibility index (Phi) is 13.3. The average molecular weight is 839 g/mol. The number of benzene rings is 3. The topological polar surface area (TPSA) is 219 Å². The van der Waals surface area contributed by atoms with Gasteiger partial charge in [-0.2, -0.15) is 0 Å². The van der Waals surface area contributed by atoms with Gasteiger partial charge in [0.05, 0.1) is 26.8 Å². The van der Waals surface area contributed by atoms with E-state index in [-0.39, 0.29) is 63.4 Å². The highest BCUT2D eigenvalue weighted by molar-refractivity contribution is 6.22. The molecule has 0 saturated carbocycles. The zero-order chi connectivity index (χ0) is 44.4. The third kappa shape index (κ3) is 9.14. The summed E-state index contributed by atoms with van der Waals surface area (Å²) in [5.74, 6) is -0.461. The van der Waals surface area contributed by atoms with Crippen molar-refractivity contribution >= 4 is 56.1 Å². The van der Waals surface area contributed by atoms with Crippen LogP contribution in [0.15, 0.2) is 63.9 Å². The standard InChI is InChI=1S/C46H54N4O11/c1-22(2)14-29(47)43(51)58-32-11-10-26(18-34(32)55-7)39-40-28-20-36(57-9)38(61-45(53)31(49)16-24(5)6)21-33(28)59-46(54)42(40)50-13-12-25-17-37(35(56-8)19-27(25)41(39)50)60-44(52)30(48)15-23(3)4/h10-13,17-24,29-31H,14-16,47-49H2,1-9H3/t29-,30-,31-/m0/s1. The molecule has 0 fully saturated rings. The maximum absolute atomic E-state index is 14.2. The number of rotatable bonds is 16. The Morgan fingerprint density at radius 3 is 1.57 bits per heavy atom. The Bertz CT molecular complexity index is 2700. The van der Waals surface area contributed by atoms with Crippen LogP contribution in [-0.4, -0.2) is 61.8 Å². The number of fused-ring (bicyclic) bond motifs is 7. The summed E-state index contributed by atoms with van der Waals surface area (Å²) in [7, 11) is 4.33. The molecule has 324 valence electrons. The number of esters is 3. The van der Waals surface area contributed by atoms with E-state index in [9.17, 15) is 19.2 Å². The summed E-state index contributed by atoms with van der Waals surface area (Å²) < 4.78 is 42.2. The molecule has 0 aliphatic heterocycles. The molecule has 6 rings (SSSR count). The molecule has 0 radical (unpaired) electrons. The van der Waals surface area contributed by atoms with Crippen LogP contribution in [0.3, 0.4) is 0 Å². The first-order valence-electron chi connectivity index (χ1n) is 20.2. The molecule has 0 unspecified atom stereocenters. The number of aromatic nitrogens is 1. The Hall–Kier alpha value is -6.16. The van der Waals surface area contributed by atoms with Gasteiger partial charge in [0.2, 0.25) is 0 Å². The minimum atomic E-state index is -0.896. The fourth-order valence-electron chi connectivity index (χ4n) is 7.54. The summed E-state index contributed by atoms with van der Waals surface area (Å²) in [5.41, 5.74) is 19.7. The van der Waals surface area contributed by atoms with E-state index in [1.165, 1.54) is 27.4 Å². The Labute approximate surface area is 352 Å². The van der Waals surface area contributed by atoms with Crippen LogP contribution in [0.2, 0.25) is 0 Å². The van der Waals surface area contributed by atoms with Crippen LogP contribution in [-0.2, 0) is 14.4 Å². The third-order valence-corrected chi connectivity index (χ3v) is 10.3. The van der Waals surface area contributed by atoms with Crippen molar-refractivity contribution in [3.05, 3.63) is 65.1 Å². The van der Waals surface area contributed by atoms with Gasteiger partial charge in [-0.15, -0.1) is 0 Å². The van der Waals surface area contributed by atoms with Crippen LogP contribution < -0.4 is 51.2 Å². The number of pyridine rings is 1. The van der Waals surface area contributed by atoms with E-state index in [4.69, 9.17) is 50.0 Å². The van der Waals surface area contributed by atoms with Gasteiger partial charge in [0.1, 0.15) is 29.2 Å². The summed E-state index contributed by atoms with van der Waals surface area (Å²) in [5, 5.41) is 2.13. The lowest BCUT2D eigenvalue weighted by atomic mass is 9.97. The van der Waals surface area contributed by atoms with Gasteiger partial charge in [-0.1, -0.05) is 47.6 Å². The van der Waals surface area contributed by atoms with Crippen LogP contribution in [0.25, 0.3) is 49.3 Å². The lowest BCUT2D eigenvalue weighted by molar-refractivity contribution is -0.137. The molecule has 0 amide bonds. The largest absolute Gasteiger partial charge is 0.493 e. The second-order valence-corrected chi connectivity index (χ2v) is 16.4. The number of hydrogen-bond donors (Lipinski definition) is 3. The Morgan fingerprint density at radius 2 is 1.07 bits per heavy atom. The summed E-state index contributed by atoms with van der Waals surface area (Å²) in [6, 6.07) is 10.6. The highest BCUT2D eigenvalue weighted by atomic mass is 16.6. The van der Waals surface area contributed by atoms with Gasteiger partial charge < -0.3 is 54.4 Å². The molecular formula is C46H54N4O11. The van der Waals surface area contributed by atoms with Crippen LogP contribution in [0.4, 0.5) is 0 Å². The highest BCUT2D eigenvalue weighted by Crippen LogP contribution is 2.46. The molecule has 15 nitrogen and oxygen atoms in total. The lowest BCUT2D eigenvalue weighted by Gasteiger charge is -2.17. The fraction of sp³-hybridized carbons (Fsp3) is 0.391. The Morgan fingerprint density at radius 1 is 0.590 bits per heavy atom. The number of carbonyl (C=O) groups excluding carboxylic acids is 3. The second kappa shape index (κ2) is 18.2. The summed E-state index contributed by atoms with van der Waals surface area (Å²) in [4.78, 5) is 53.4. The molecule has 61 heavy (non-hydrogen) atoms. The molecule has 3 aromatic carbocycles. The first-order chi connectivity index (χ1) is 28.9. The van der Waals surface area contributed by atoms with Crippen LogP contribution in [0.5, 0.6) is 34.5 Å². The third-order valence-electron chi connectivity index (χ3n) is 10.3. The van der Waals surface area contributed by atoms with Gasteiger partial charge >= 0.3 is 23.5 Å². The van der Waals surface area contributed by atoms with Crippen molar-refractivity contribution in [2.75, 3.05) is 21.3 Å². The number of carbonyl (C=O) groups is 3. The molecule has 6 N–H and O–H groups in total. The average Bonchev–Trinajstić information content (AvgIpc) is 3.56.